The van der Waals surface area contributed by atoms with Crippen molar-refractivity contribution in [3.05, 3.63) is 21.9 Å². The number of carbonyl (C=O) groups excluding carboxylic acids is 1. The summed E-state index contributed by atoms with van der Waals surface area (Å²) in [5.74, 6) is -0.164. The van der Waals surface area contributed by atoms with Crippen molar-refractivity contribution in [2.75, 3.05) is 6.61 Å². The Morgan fingerprint density at radius 3 is 2.69 bits per heavy atom. The molecule has 0 aliphatic carbocycles. The predicted octanol–water partition coefficient (Wildman–Crippen LogP) is 4.18. The van der Waals surface area contributed by atoms with E-state index in [9.17, 15) is 4.79 Å². The SMILES string of the molecule is CCCCCCCOC(=O)c1sccc1C. The summed E-state index contributed by atoms with van der Waals surface area (Å²) >= 11 is 1.46. The number of esters is 1. The van der Waals surface area contributed by atoms with Gasteiger partial charge in [0.25, 0.3) is 0 Å². The molecule has 1 rings (SSSR count). The molecule has 1 heterocycles. The van der Waals surface area contributed by atoms with E-state index in [0.717, 1.165) is 23.3 Å². The molecule has 0 bridgehead atoms. The molecule has 16 heavy (non-hydrogen) atoms. The van der Waals surface area contributed by atoms with Crippen LogP contribution in [0.2, 0.25) is 0 Å². The van der Waals surface area contributed by atoms with Gasteiger partial charge in [-0.3, -0.25) is 0 Å². The van der Waals surface area contributed by atoms with E-state index in [-0.39, 0.29) is 5.97 Å². The van der Waals surface area contributed by atoms with E-state index in [1.807, 2.05) is 18.4 Å². The Kier molecular flexibility index (Phi) is 6.16. The van der Waals surface area contributed by atoms with E-state index >= 15 is 0 Å². The van der Waals surface area contributed by atoms with E-state index in [0.29, 0.717) is 6.61 Å². The lowest BCUT2D eigenvalue weighted by Gasteiger charge is -2.03. The Bertz CT molecular complexity index is 317. The molecule has 0 unspecified atom stereocenters. The molecule has 0 spiro atoms. The van der Waals surface area contributed by atoms with Gasteiger partial charge in [-0.05, 0) is 30.4 Å². The summed E-state index contributed by atoms with van der Waals surface area (Å²) < 4.78 is 5.22. The average molecular weight is 240 g/mol. The van der Waals surface area contributed by atoms with Crippen molar-refractivity contribution in [2.24, 2.45) is 0 Å². The van der Waals surface area contributed by atoms with E-state index in [4.69, 9.17) is 4.74 Å². The van der Waals surface area contributed by atoms with Crippen LogP contribution in [0.3, 0.4) is 0 Å². The zero-order valence-electron chi connectivity index (χ0n) is 10.1. The van der Waals surface area contributed by atoms with Crippen LogP contribution in [0.25, 0.3) is 0 Å². The van der Waals surface area contributed by atoms with Crippen molar-refractivity contribution < 1.29 is 9.53 Å². The Hall–Kier alpha value is -0.830. The normalized spacial score (nSPS) is 10.4. The zero-order valence-corrected chi connectivity index (χ0v) is 10.9. The lowest BCUT2D eigenvalue weighted by Crippen LogP contribution is -2.05. The smallest absolute Gasteiger partial charge is 0.348 e. The molecule has 3 heteroatoms. The van der Waals surface area contributed by atoms with Crippen molar-refractivity contribution in [1.82, 2.24) is 0 Å². The molecule has 0 saturated carbocycles. The van der Waals surface area contributed by atoms with Crippen LogP contribution < -0.4 is 0 Å². The van der Waals surface area contributed by atoms with Crippen molar-refractivity contribution in [1.29, 1.82) is 0 Å². The highest BCUT2D eigenvalue weighted by Gasteiger charge is 2.10. The molecule has 1 aromatic rings. The van der Waals surface area contributed by atoms with Crippen LogP contribution in [0.5, 0.6) is 0 Å². The molecule has 0 radical (unpaired) electrons. The summed E-state index contributed by atoms with van der Waals surface area (Å²) in [6, 6.07) is 1.95. The molecular formula is C13H20O2S. The first kappa shape index (κ1) is 13.2. The number of hydrogen-bond donors (Lipinski definition) is 0. The second-order valence-electron chi connectivity index (χ2n) is 3.98. The summed E-state index contributed by atoms with van der Waals surface area (Å²) in [5, 5.41) is 1.92. The first-order chi connectivity index (χ1) is 7.75. The molecule has 0 aliphatic rings. The fraction of sp³-hybridized carbons (Fsp3) is 0.615. The lowest BCUT2D eigenvalue weighted by atomic mass is 10.2. The number of aryl methyl sites for hydroxylation is 1. The van der Waals surface area contributed by atoms with Crippen molar-refractivity contribution in [3.8, 4) is 0 Å². The van der Waals surface area contributed by atoms with Crippen LogP contribution >= 0.6 is 11.3 Å². The number of ether oxygens (including phenoxy) is 1. The van der Waals surface area contributed by atoms with E-state index in [2.05, 4.69) is 6.92 Å². The molecule has 0 fully saturated rings. The number of unbranched alkanes of at least 4 members (excludes halogenated alkanes) is 4. The van der Waals surface area contributed by atoms with Gasteiger partial charge in [0, 0.05) is 0 Å². The van der Waals surface area contributed by atoms with Gasteiger partial charge in [0.2, 0.25) is 0 Å². The molecule has 90 valence electrons. The number of thiophene rings is 1. The van der Waals surface area contributed by atoms with Gasteiger partial charge in [-0.15, -0.1) is 11.3 Å². The lowest BCUT2D eigenvalue weighted by molar-refractivity contribution is 0.0502. The van der Waals surface area contributed by atoms with Gasteiger partial charge in [0.15, 0.2) is 0 Å². The van der Waals surface area contributed by atoms with Crippen molar-refractivity contribution in [2.45, 2.75) is 46.0 Å². The number of carbonyl (C=O) groups is 1. The highest BCUT2D eigenvalue weighted by Crippen LogP contribution is 2.16. The van der Waals surface area contributed by atoms with E-state index in [1.165, 1.54) is 30.6 Å². The standard InChI is InChI=1S/C13H20O2S/c1-3-4-5-6-7-9-15-13(14)12-11(2)8-10-16-12/h8,10H,3-7,9H2,1-2H3. The summed E-state index contributed by atoms with van der Waals surface area (Å²) in [6.45, 7) is 4.69. The third-order valence-electron chi connectivity index (χ3n) is 2.53. The molecule has 0 aromatic carbocycles. The van der Waals surface area contributed by atoms with Crippen LogP contribution in [-0.2, 0) is 4.74 Å². The first-order valence-corrected chi connectivity index (χ1v) is 6.85. The third kappa shape index (κ3) is 4.35. The van der Waals surface area contributed by atoms with Gasteiger partial charge in [0.05, 0.1) is 6.61 Å². The maximum absolute atomic E-state index is 11.6. The molecule has 0 amide bonds. The summed E-state index contributed by atoms with van der Waals surface area (Å²) in [4.78, 5) is 12.3. The molecule has 0 aliphatic heterocycles. The Morgan fingerprint density at radius 2 is 2.06 bits per heavy atom. The fourth-order valence-electron chi connectivity index (χ4n) is 1.52. The predicted molar refractivity (Wildman–Crippen MR) is 68.1 cm³/mol. The molecular weight excluding hydrogens is 220 g/mol. The van der Waals surface area contributed by atoms with Gasteiger partial charge in [-0.25, -0.2) is 4.79 Å². The fourth-order valence-corrected chi connectivity index (χ4v) is 2.34. The summed E-state index contributed by atoms with van der Waals surface area (Å²) in [7, 11) is 0. The number of rotatable bonds is 7. The minimum Gasteiger partial charge on any atom is -0.462 e. The topological polar surface area (TPSA) is 26.3 Å². The van der Waals surface area contributed by atoms with Crippen LogP contribution in [0.1, 0.15) is 54.3 Å². The largest absolute Gasteiger partial charge is 0.462 e. The maximum Gasteiger partial charge on any atom is 0.348 e. The van der Waals surface area contributed by atoms with Crippen LogP contribution in [-0.4, -0.2) is 12.6 Å². The highest BCUT2D eigenvalue weighted by atomic mass is 32.1. The Balaban J connectivity index is 2.14. The Morgan fingerprint density at radius 1 is 1.31 bits per heavy atom. The van der Waals surface area contributed by atoms with Gasteiger partial charge < -0.3 is 4.74 Å². The van der Waals surface area contributed by atoms with Crippen LogP contribution in [0.15, 0.2) is 11.4 Å². The summed E-state index contributed by atoms with van der Waals surface area (Å²) in [6.07, 6.45) is 5.90. The molecule has 0 saturated heterocycles. The third-order valence-corrected chi connectivity index (χ3v) is 3.53. The quantitative estimate of drug-likeness (QED) is 0.528. The molecule has 0 N–H and O–H groups in total. The monoisotopic (exact) mass is 240 g/mol. The van der Waals surface area contributed by atoms with Gasteiger partial charge in [0.1, 0.15) is 4.88 Å². The molecule has 0 atom stereocenters. The average Bonchev–Trinajstić information content (AvgIpc) is 2.69. The van der Waals surface area contributed by atoms with E-state index in [1.54, 1.807) is 0 Å². The van der Waals surface area contributed by atoms with Gasteiger partial charge in [-0.1, -0.05) is 32.6 Å². The highest BCUT2D eigenvalue weighted by molar-refractivity contribution is 7.12. The second kappa shape index (κ2) is 7.44. The van der Waals surface area contributed by atoms with Gasteiger partial charge in [-0.2, -0.15) is 0 Å². The van der Waals surface area contributed by atoms with E-state index < -0.39 is 0 Å². The zero-order chi connectivity index (χ0) is 11.8. The summed E-state index contributed by atoms with van der Waals surface area (Å²) in [5.41, 5.74) is 1.01. The first-order valence-electron chi connectivity index (χ1n) is 5.97. The van der Waals surface area contributed by atoms with Crippen LogP contribution in [0, 0.1) is 6.92 Å². The molecule has 2 nitrogen and oxygen atoms in total. The number of hydrogen-bond acceptors (Lipinski definition) is 3. The maximum atomic E-state index is 11.6. The second-order valence-corrected chi connectivity index (χ2v) is 4.90. The Labute approximate surface area is 102 Å². The van der Waals surface area contributed by atoms with Crippen molar-refractivity contribution >= 4 is 17.3 Å². The van der Waals surface area contributed by atoms with Crippen molar-refractivity contribution in [3.63, 3.8) is 0 Å². The minimum absolute atomic E-state index is 0.164. The van der Waals surface area contributed by atoms with Gasteiger partial charge >= 0.3 is 5.97 Å². The van der Waals surface area contributed by atoms with Crippen LogP contribution in [0.4, 0.5) is 0 Å². The molecule has 1 aromatic heterocycles. The minimum atomic E-state index is -0.164.